The van der Waals surface area contributed by atoms with Gasteiger partial charge in [-0.1, -0.05) is 29.8 Å². The Morgan fingerprint density at radius 3 is 2.42 bits per heavy atom. The highest BCUT2D eigenvalue weighted by Crippen LogP contribution is 2.37. The van der Waals surface area contributed by atoms with Gasteiger partial charge in [-0.25, -0.2) is 4.39 Å². The van der Waals surface area contributed by atoms with Gasteiger partial charge in [-0.05, 0) is 42.8 Å². The zero-order valence-electron chi connectivity index (χ0n) is 20.6. The van der Waals surface area contributed by atoms with Crippen LogP contribution in [0.1, 0.15) is 35.9 Å². The van der Waals surface area contributed by atoms with E-state index in [1.54, 1.807) is 31.2 Å². The van der Waals surface area contributed by atoms with Crippen molar-refractivity contribution in [3.63, 3.8) is 0 Å². The highest BCUT2D eigenvalue weighted by molar-refractivity contribution is 6.33. The lowest BCUT2D eigenvalue weighted by Crippen LogP contribution is -2.49. The summed E-state index contributed by atoms with van der Waals surface area (Å²) in [6.07, 6.45) is -5.18. The number of alkyl halides is 3. The minimum absolute atomic E-state index is 0.128. The van der Waals surface area contributed by atoms with Crippen LogP contribution in [0.4, 0.5) is 23.2 Å². The summed E-state index contributed by atoms with van der Waals surface area (Å²) in [5.41, 5.74) is 0.858. The number of aliphatic hydroxyl groups is 2. The molecule has 6 nitrogen and oxygen atoms in total. The van der Waals surface area contributed by atoms with E-state index in [-0.39, 0.29) is 30.6 Å². The van der Waals surface area contributed by atoms with Gasteiger partial charge < -0.3 is 19.8 Å². The summed E-state index contributed by atoms with van der Waals surface area (Å²) in [6, 6.07) is 13.3. The summed E-state index contributed by atoms with van der Waals surface area (Å²) >= 11 is 6.62. The van der Waals surface area contributed by atoms with Gasteiger partial charge in [-0.3, -0.25) is 9.88 Å². The lowest BCUT2D eigenvalue weighted by Gasteiger charge is -2.44. The fourth-order valence-electron chi connectivity index (χ4n) is 4.41. The van der Waals surface area contributed by atoms with Gasteiger partial charge in [0.05, 0.1) is 29.0 Å². The van der Waals surface area contributed by atoms with Crippen molar-refractivity contribution >= 4 is 17.3 Å². The van der Waals surface area contributed by atoms with Crippen LogP contribution >= 0.6 is 11.6 Å². The maximum Gasteiger partial charge on any atom is 0.433 e. The van der Waals surface area contributed by atoms with Crippen molar-refractivity contribution in [2.45, 2.75) is 31.3 Å². The van der Waals surface area contributed by atoms with Crippen LogP contribution in [0.5, 0.6) is 5.75 Å². The summed E-state index contributed by atoms with van der Waals surface area (Å²) in [4.78, 5) is 7.53. The molecular formula is C27H28ClF4N3O3. The van der Waals surface area contributed by atoms with Crippen molar-refractivity contribution in [2.24, 2.45) is 0 Å². The van der Waals surface area contributed by atoms with Crippen LogP contribution in [0.15, 0.2) is 60.8 Å². The monoisotopic (exact) mass is 553 g/mol. The van der Waals surface area contributed by atoms with Gasteiger partial charge in [0.2, 0.25) is 0 Å². The number of aromatic nitrogens is 1. The van der Waals surface area contributed by atoms with Crippen molar-refractivity contribution in [3.05, 3.63) is 88.5 Å². The average molecular weight is 554 g/mol. The molecule has 1 fully saturated rings. The molecule has 2 N–H and O–H groups in total. The summed E-state index contributed by atoms with van der Waals surface area (Å²) in [6.45, 7) is 3.44. The van der Waals surface area contributed by atoms with Crippen LogP contribution in [0.25, 0.3) is 0 Å². The number of piperazine rings is 1. The van der Waals surface area contributed by atoms with E-state index in [9.17, 15) is 27.8 Å². The van der Waals surface area contributed by atoms with Crippen molar-refractivity contribution in [3.8, 4) is 5.75 Å². The van der Waals surface area contributed by atoms with Crippen LogP contribution in [0.2, 0.25) is 5.02 Å². The van der Waals surface area contributed by atoms with Gasteiger partial charge >= 0.3 is 6.18 Å². The van der Waals surface area contributed by atoms with Gasteiger partial charge in [0, 0.05) is 44.0 Å². The van der Waals surface area contributed by atoms with Gasteiger partial charge in [-0.2, -0.15) is 13.2 Å². The molecule has 1 saturated heterocycles. The van der Waals surface area contributed by atoms with E-state index in [2.05, 4.69) is 9.88 Å². The molecule has 2 unspecified atom stereocenters. The van der Waals surface area contributed by atoms with Crippen molar-refractivity contribution in [1.82, 2.24) is 9.88 Å². The summed E-state index contributed by atoms with van der Waals surface area (Å²) in [5.74, 6) is 0.153. The molecule has 3 aromatic rings. The SMILES string of the molecule is CC(O)COc1ccc(N2CCN(CC(O)c3ccc(C(F)(F)F)nc3)C[C@H]2c2ccc(F)cc2)c(Cl)c1. The molecule has 1 aromatic heterocycles. The lowest BCUT2D eigenvalue weighted by atomic mass is 10.00. The summed E-state index contributed by atoms with van der Waals surface area (Å²) < 4.78 is 57.7. The predicted molar refractivity (Wildman–Crippen MR) is 136 cm³/mol. The van der Waals surface area contributed by atoms with Crippen molar-refractivity contribution < 1.29 is 32.5 Å². The van der Waals surface area contributed by atoms with E-state index in [4.69, 9.17) is 16.3 Å². The minimum Gasteiger partial charge on any atom is -0.491 e. The van der Waals surface area contributed by atoms with E-state index < -0.39 is 24.1 Å². The molecular weight excluding hydrogens is 526 g/mol. The maximum absolute atomic E-state index is 13.7. The third-order valence-corrected chi connectivity index (χ3v) is 6.63. The molecule has 0 bridgehead atoms. The second-order valence-electron chi connectivity index (χ2n) is 9.28. The molecule has 2 aromatic carbocycles. The zero-order valence-corrected chi connectivity index (χ0v) is 21.3. The van der Waals surface area contributed by atoms with E-state index in [1.807, 2.05) is 11.0 Å². The first-order valence-corrected chi connectivity index (χ1v) is 12.4. The number of pyridine rings is 1. The fourth-order valence-corrected chi connectivity index (χ4v) is 4.69. The van der Waals surface area contributed by atoms with E-state index in [1.165, 1.54) is 18.2 Å². The van der Waals surface area contributed by atoms with E-state index >= 15 is 0 Å². The molecule has 0 amide bonds. The number of benzene rings is 2. The first kappa shape index (κ1) is 28.1. The molecule has 0 radical (unpaired) electrons. The topological polar surface area (TPSA) is 69.1 Å². The highest BCUT2D eigenvalue weighted by Gasteiger charge is 2.33. The quantitative estimate of drug-likeness (QED) is 0.371. The zero-order chi connectivity index (χ0) is 27.4. The van der Waals surface area contributed by atoms with E-state index in [0.717, 1.165) is 23.5 Å². The Hall–Kier alpha value is -2.92. The fraction of sp³-hybridized carbons (Fsp3) is 0.370. The molecule has 0 spiro atoms. The van der Waals surface area contributed by atoms with Crippen LogP contribution in [0, 0.1) is 5.82 Å². The molecule has 3 atom stereocenters. The molecule has 1 aliphatic heterocycles. The van der Waals surface area contributed by atoms with Crippen LogP contribution in [-0.4, -0.2) is 59.0 Å². The average Bonchev–Trinajstić information content (AvgIpc) is 2.88. The molecule has 204 valence electrons. The Morgan fingerprint density at radius 2 is 1.82 bits per heavy atom. The standard InChI is InChI=1S/C27H28ClF4N3O3/c1-17(36)16-38-21-7-8-23(22(28)12-21)35-11-10-34(14-24(35)18-2-5-20(29)6-3-18)15-25(37)19-4-9-26(33-13-19)27(30,31)32/h2-9,12-13,17,24-25,36-37H,10-11,14-16H2,1H3/t17?,24-,25?/m0/s1. The number of aliphatic hydroxyl groups excluding tert-OH is 2. The van der Waals surface area contributed by atoms with Crippen molar-refractivity contribution in [2.75, 3.05) is 37.7 Å². The van der Waals surface area contributed by atoms with Crippen molar-refractivity contribution in [1.29, 1.82) is 0 Å². The lowest BCUT2D eigenvalue weighted by molar-refractivity contribution is -0.141. The van der Waals surface area contributed by atoms with Crippen LogP contribution in [0.3, 0.4) is 0 Å². The van der Waals surface area contributed by atoms with Gasteiger partial charge in [0.15, 0.2) is 0 Å². The van der Waals surface area contributed by atoms with Crippen LogP contribution < -0.4 is 9.64 Å². The number of nitrogens with zero attached hydrogens (tertiary/aromatic N) is 3. The van der Waals surface area contributed by atoms with E-state index in [0.29, 0.717) is 30.4 Å². The van der Waals surface area contributed by atoms with Gasteiger partial charge in [0.25, 0.3) is 0 Å². The second-order valence-corrected chi connectivity index (χ2v) is 9.69. The van der Waals surface area contributed by atoms with Gasteiger partial charge in [0.1, 0.15) is 23.9 Å². The Balaban J connectivity index is 1.52. The smallest absolute Gasteiger partial charge is 0.433 e. The number of anilines is 1. The first-order valence-electron chi connectivity index (χ1n) is 12.1. The second kappa shape index (κ2) is 11.9. The van der Waals surface area contributed by atoms with Gasteiger partial charge in [-0.15, -0.1) is 0 Å². The first-order chi connectivity index (χ1) is 18.0. The number of β-amino-alcohol motifs (C(OH)–C–C–N with tert-alkyl or cyclic N) is 1. The normalized spacial score (nSPS) is 18.3. The molecule has 2 heterocycles. The highest BCUT2D eigenvalue weighted by atomic mass is 35.5. The molecule has 1 aliphatic rings. The number of hydrogen-bond acceptors (Lipinski definition) is 6. The Labute approximate surface area is 223 Å². The summed E-state index contributed by atoms with van der Waals surface area (Å²) in [7, 11) is 0. The molecule has 38 heavy (non-hydrogen) atoms. The summed E-state index contributed by atoms with van der Waals surface area (Å²) in [5, 5.41) is 20.6. The number of halogens is 5. The van der Waals surface area contributed by atoms with Crippen LogP contribution in [-0.2, 0) is 6.18 Å². The Kier molecular flexibility index (Phi) is 8.77. The maximum atomic E-state index is 13.7. The Bertz CT molecular complexity index is 1210. The minimum atomic E-state index is -4.55. The number of ether oxygens (including phenoxy) is 1. The third kappa shape index (κ3) is 6.93. The number of rotatable bonds is 8. The molecule has 0 aliphatic carbocycles. The molecule has 0 saturated carbocycles. The number of hydrogen-bond donors (Lipinski definition) is 2. The largest absolute Gasteiger partial charge is 0.491 e. The third-order valence-electron chi connectivity index (χ3n) is 6.33. The predicted octanol–water partition coefficient (Wildman–Crippen LogP) is 5.25. The Morgan fingerprint density at radius 1 is 1.08 bits per heavy atom. The molecule has 11 heteroatoms. The molecule has 4 rings (SSSR count).